The van der Waals surface area contributed by atoms with E-state index >= 15 is 0 Å². The van der Waals surface area contributed by atoms with E-state index in [1.54, 1.807) is 13.8 Å². The van der Waals surface area contributed by atoms with Gasteiger partial charge >= 0.3 is 0 Å². The maximum Gasteiger partial charge on any atom is 0.251 e. The molecule has 136 valence electrons. The van der Waals surface area contributed by atoms with E-state index in [0.29, 0.717) is 12.5 Å². The zero-order valence-electron chi connectivity index (χ0n) is 14.1. The van der Waals surface area contributed by atoms with Gasteiger partial charge in [-0.3, -0.25) is 4.79 Å². The second-order valence-electron chi connectivity index (χ2n) is 5.41. The summed E-state index contributed by atoms with van der Waals surface area (Å²) in [6.07, 6.45) is 0. The van der Waals surface area contributed by atoms with Gasteiger partial charge in [0.25, 0.3) is 5.91 Å². The van der Waals surface area contributed by atoms with Crippen LogP contribution in [0.5, 0.6) is 0 Å². The SMILES string of the molecule is COCC(C)NC(=O)c1cccc(S(=O)(=O)NCc2noc(C)n2)c1. The van der Waals surface area contributed by atoms with Gasteiger partial charge in [0.05, 0.1) is 18.0 Å². The molecule has 25 heavy (non-hydrogen) atoms. The molecule has 0 fully saturated rings. The predicted molar refractivity (Wildman–Crippen MR) is 88.3 cm³/mol. The Labute approximate surface area is 145 Å². The normalized spacial score (nSPS) is 12.8. The smallest absolute Gasteiger partial charge is 0.251 e. The average Bonchev–Trinajstić information content (AvgIpc) is 2.99. The second kappa shape index (κ2) is 8.19. The van der Waals surface area contributed by atoms with Crippen LogP contribution < -0.4 is 10.0 Å². The molecule has 1 heterocycles. The van der Waals surface area contributed by atoms with Gasteiger partial charge in [0, 0.05) is 25.6 Å². The Balaban J connectivity index is 2.09. The maximum absolute atomic E-state index is 12.4. The van der Waals surface area contributed by atoms with Crippen molar-refractivity contribution in [2.45, 2.75) is 31.3 Å². The van der Waals surface area contributed by atoms with Crippen LogP contribution >= 0.6 is 0 Å². The first-order valence-electron chi connectivity index (χ1n) is 7.50. The molecule has 10 heteroatoms. The molecule has 1 amide bonds. The quantitative estimate of drug-likeness (QED) is 0.700. The van der Waals surface area contributed by atoms with Crippen molar-refractivity contribution in [2.75, 3.05) is 13.7 Å². The third-order valence-electron chi connectivity index (χ3n) is 3.19. The standard InChI is InChI=1S/C15H20N4O5S/c1-10(9-23-3)17-15(20)12-5-4-6-13(7-12)25(21,22)16-8-14-18-11(2)24-19-14/h4-7,10,16H,8-9H2,1-3H3,(H,17,20). The first kappa shape index (κ1) is 19.0. The Bertz CT molecular complexity index is 834. The van der Waals surface area contributed by atoms with Gasteiger partial charge in [0.15, 0.2) is 5.82 Å². The lowest BCUT2D eigenvalue weighted by Gasteiger charge is -2.13. The number of rotatable bonds is 8. The summed E-state index contributed by atoms with van der Waals surface area (Å²) in [7, 11) is -2.29. The van der Waals surface area contributed by atoms with Crippen LogP contribution in [0.2, 0.25) is 0 Å². The molecule has 2 N–H and O–H groups in total. The number of methoxy groups -OCH3 is 1. The number of nitrogens with one attached hydrogen (secondary N) is 2. The summed E-state index contributed by atoms with van der Waals surface area (Å²) in [5.41, 5.74) is 0.237. The van der Waals surface area contributed by atoms with Crippen LogP contribution in [0, 0.1) is 6.92 Å². The molecule has 1 aromatic heterocycles. The molecule has 2 aromatic rings. The number of carbonyl (C=O) groups excluding carboxylic acids is 1. The number of aryl methyl sites for hydroxylation is 1. The molecule has 0 aliphatic rings. The molecule has 0 bridgehead atoms. The summed E-state index contributed by atoms with van der Waals surface area (Å²) < 4.78 is 36.8. The van der Waals surface area contributed by atoms with Crippen molar-refractivity contribution in [3.63, 3.8) is 0 Å². The minimum absolute atomic E-state index is 0.0280. The zero-order chi connectivity index (χ0) is 18.4. The summed E-state index contributed by atoms with van der Waals surface area (Å²) in [6, 6.07) is 5.55. The van der Waals surface area contributed by atoms with E-state index in [-0.39, 0.29) is 34.8 Å². The Kier molecular flexibility index (Phi) is 6.23. The zero-order valence-corrected chi connectivity index (χ0v) is 15.0. The van der Waals surface area contributed by atoms with Gasteiger partial charge < -0.3 is 14.6 Å². The summed E-state index contributed by atoms with van der Waals surface area (Å²) in [5.74, 6) is 0.191. The van der Waals surface area contributed by atoms with Gasteiger partial charge in [-0.15, -0.1) is 0 Å². The molecule has 0 saturated heterocycles. The molecular formula is C15H20N4O5S. The molecule has 0 aliphatic heterocycles. The minimum Gasteiger partial charge on any atom is -0.383 e. The highest BCUT2D eigenvalue weighted by Gasteiger charge is 2.18. The number of benzene rings is 1. The lowest BCUT2D eigenvalue weighted by molar-refractivity contribution is 0.0905. The summed E-state index contributed by atoms with van der Waals surface area (Å²) >= 11 is 0. The molecule has 0 spiro atoms. The number of nitrogens with zero attached hydrogens (tertiary/aromatic N) is 2. The molecule has 0 radical (unpaired) electrons. The highest BCUT2D eigenvalue weighted by molar-refractivity contribution is 7.89. The molecule has 0 aliphatic carbocycles. The third kappa shape index (κ3) is 5.34. The van der Waals surface area contributed by atoms with Gasteiger partial charge in [0.1, 0.15) is 0 Å². The highest BCUT2D eigenvalue weighted by Crippen LogP contribution is 2.12. The van der Waals surface area contributed by atoms with Crippen LogP contribution in [0.4, 0.5) is 0 Å². The Morgan fingerprint density at radius 1 is 1.40 bits per heavy atom. The van der Waals surface area contributed by atoms with Crippen LogP contribution in [0.3, 0.4) is 0 Å². The fourth-order valence-corrected chi connectivity index (χ4v) is 3.08. The van der Waals surface area contributed by atoms with E-state index in [9.17, 15) is 13.2 Å². The van der Waals surface area contributed by atoms with E-state index in [1.165, 1.54) is 31.4 Å². The number of sulfonamides is 1. The number of ether oxygens (including phenoxy) is 1. The first-order chi connectivity index (χ1) is 11.8. The van der Waals surface area contributed by atoms with Crippen LogP contribution in [0.1, 0.15) is 29.0 Å². The Morgan fingerprint density at radius 2 is 2.16 bits per heavy atom. The minimum atomic E-state index is -3.82. The van der Waals surface area contributed by atoms with Crippen molar-refractivity contribution >= 4 is 15.9 Å². The number of carbonyl (C=O) groups is 1. The van der Waals surface area contributed by atoms with Crippen molar-refractivity contribution in [1.29, 1.82) is 0 Å². The number of hydrogen-bond donors (Lipinski definition) is 2. The lowest BCUT2D eigenvalue weighted by atomic mass is 10.2. The molecule has 1 atom stereocenters. The molecule has 2 rings (SSSR count). The molecule has 0 saturated carbocycles. The van der Waals surface area contributed by atoms with Crippen molar-refractivity contribution in [1.82, 2.24) is 20.2 Å². The van der Waals surface area contributed by atoms with Gasteiger partial charge in [-0.25, -0.2) is 13.1 Å². The van der Waals surface area contributed by atoms with E-state index in [2.05, 4.69) is 20.2 Å². The first-order valence-corrected chi connectivity index (χ1v) is 8.99. The topological polar surface area (TPSA) is 123 Å². The number of amides is 1. The summed E-state index contributed by atoms with van der Waals surface area (Å²) in [6.45, 7) is 3.64. The van der Waals surface area contributed by atoms with Crippen LogP contribution in [0.25, 0.3) is 0 Å². The lowest BCUT2D eigenvalue weighted by Crippen LogP contribution is -2.35. The Hall–Kier alpha value is -2.30. The van der Waals surface area contributed by atoms with Crippen molar-refractivity contribution in [2.24, 2.45) is 0 Å². The number of hydrogen-bond acceptors (Lipinski definition) is 7. The molecule has 9 nitrogen and oxygen atoms in total. The predicted octanol–water partition coefficient (Wildman–Crippen LogP) is 0.621. The largest absolute Gasteiger partial charge is 0.383 e. The van der Waals surface area contributed by atoms with E-state index in [0.717, 1.165) is 0 Å². The molecule has 1 unspecified atom stereocenters. The summed E-state index contributed by atoms with van der Waals surface area (Å²) in [5, 5.41) is 6.34. The number of aromatic nitrogens is 2. The van der Waals surface area contributed by atoms with Crippen molar-refractivity contribution in [3.8, 4) is 0 Å². The van der Waals surface area contributed by atoms with Crippen LogP contribution in [0.15, 0.2) is 33.7 Å². The molecular weight excluding hydrogens is 348 g/mol. The van der Waals surface area contributed by atoms with Crippen molar-refractivity contribution in [3.05, 3.63) is 41.5 Å². The van der Waals surface area contributed by atoms with Gasteiger partial charge in [0.2, 0.25) is 15.9 Å². The van der Waals surface area contributed by atoms with E-state index in [1.807, 2.05) is 0 Å². The second-order valence-corrected chi connectivity index (χ2v) is 7.18. The fourth-order valence-electron chi connectivity index (χ4n) is 2.06. The maximum atomic E-state index is 12.4. The average molecular weight is 368 g/mol. The summed E-state index contributed by atoms with van der Waals surface area (Å²) in [4.78, 5) is 16.1. The van der Waals surface area contributed by atoms with Crippen LogP contribution in [-0.2, 0) is 21.3 Å². The van der Waals surface area contributed by atoms with E-state index in [4.69, 9.17) is 9.26 Å². The molecule has 1 aromatic carbocycles. The van der Waals surface area contributed by atoms with Gasteiger partial charge in [-0.05, 0) is 25.1 Å². The monoisotopic (exact) mass is 368 g/mol. The third-order valence-corrected chi connectivity index (χ3v) is 4.59. The van der Waals surface area contributed by atoms with Gasteiger partial charge in [-0.1, -0.05) is 11.2 Å². The highest BCUT2D eigenvalue weighted by atomic mass is 32.2. The Morgan fingerprint density at radius 3 is 2.80 bits per heavy atom. The fraction of sp³-hybridized carbons (Fsp3) is 0.400. The van der Waals surface area contributed by atoms with E-state index < -0.39 is 10.0 Å². The van der Waals surface area contributed by atoms with Crippen molar-refractivity contribution < 1.29 is 22.5 Å². The van der Waals surface area contributed by atoms with Crippen LogP contribution in [-0.4, -0.2) is 44.2 Å². The van der Waals surface area contributed by atoms with Gasteiger partial charge in [-0.2, -0.15) is 4.98 Å².